The highest BCUT2D eigenvalue weighted by Gasteiger charge is 2.32. The highest BCUT2D eigenvalue weighted by atomic mass is 16.1. The van der Waals surface area contributed by atoms with Crippen molar-refractivity contribution in [2.45, 2.75) is 257 Å². The van der Waals surface area contributed by atoms with Gasteiger partial charge in [0.15, 0.2) is 17.3 Å². The van der Waals surface area contributed by atoms with E-state index < -0.39 is 0 Å². The first-order valence-corrected chi connectivity index (χ1v) is 33.3. The maximum atomic E-state index is 13.8. The Morgan fingerprint density at radius 1 is 0.442 bits per heavy atom. The molecule has 0 aliphatic heterocycles. The summed E-state index contributed by atoms with van der Waals surface area (Å²) in [6.07, 6.45) is 8.34. The molecule has 3 atom stereocenters. The van der Waals surface area contributed by atoms with Gasteiger partial charge in [-0.25, -0.2) is 0 Å². The van der Waals surface area contributed by atoms with E-state index in [1.54, 1.807) is 0 Å². The lowest BCUT2D eigenvalue weighted by molar-refractivity contribution is 0.102. The van der Waals surface area contributed by atoms with Gasteiger partial charge in [0.25, 0.3) is 0 Å². The third-order valence-corrected chi connectivity index (χ3v) is 18.9. The van der Waals surface area contributed by atoms with Gasteiger partial charge < -0.3 is 0 Å². The average Bonchev–Trinajstić information content (AvgIpc) is 1.19. The van der Waals surface area contributed by atoms with Gasteiger partial charge in [-0.3, -0.25) is 14.4 Å². The molecule has 3 nitrogen and oxygen atoms in total. The molecule has 6 aromatic carbocycles. The number of benzene rings is 6. The zero-order valence-electron chi connectivity index (χ0n) is 58.5. The third kappa shape index (κ3) is 18.7. The minimum atomic E-state index is -0.0866. The number of rotatable bonds is 19. The van der Waals surface area contributed by atoms with Crippen LogP contribution in [0.15, 0.2) is 127 Å². The standard InChI is InChI=1S/C29H42O.C28H38O.C26H36O/c1-19(2)23-13-11-12-14-24(23)27(30)25-17-22(15-16-26(25)28(6,7)8)21(5)18-29(9,10)20(3)4;1-18(2)20-12-13-21(16-20)22-14-15-26(28(5,6)7)25(17-22)27(29)24-11-9-8-10-23(24)19(3)4;1-18(2)11-10-12-20-15-16-24(26(5,6)7)23(17-20)25(27)22-14-9-8-13-21(22)19(3)4/h11-17,19-21H,18H2,1-10H3;8-11,14-15,17-21H,12-13,16H2,1-7H3;8-9,13-19H,10-12H2,1-7H3. The van der Waals surface area contributed by atoms with E-state index in [0.29, 0.717) is 35.5 Å². The van der Waals surface area contributed by atoms with Crippen molar-refractivity contribution in [1.29, 1.82) is 0 Å². The summed E-state index contributed by atoms with van der Waals surface area (Å²) in [6, 6.07) is 44.2. The van der Waals surface area contributed by atoms with Crippen LogP contribution < -0.4 is 0 Å². The number of hydrogen-bond acceptors (Lipinski definition) is 3. The topological polar surface area (TPSA) is 51.2 Å². The minimum Gasteiger partial charge on any atom is -0.289 e. The largest absolute Gasteiger partial charge is 0.289 e. The third-order valence-electron chi connectivity index (χ3n) is 18.9. The summed E-state index contributed by atoms with van der Waals surface area (Å²) in [5.74, 6) is 5.36. The van der Waals surface area contributed by atoms with Crippen LogP contribution in [0.5, 0.6) is 0 Å². The molecule has 3 heteroatoms. The van der Waals surface area contributed by atoms with Gasteiger partial charge in [0.2, 0.25) is 0 Å². The molecule has 0 heterocycles. The van der Waals surface area contributed by atoms with Crippen LogP contribution in [0.2, 0.25) is 0 Å². The molecule has 1 aliphatic carbocycles. The highest BCUT2D eigenvalue weighted by molar-refractivity contribution is 6.12. The van der Waals surface area contributed by atoms with Crippen molar-refractivity contribution in [2.24, 2.45) is 29.1 Å². The Labute approximate surface area is 525 Å². The van der Waals surface area contributed by atoms with E-state index in [9.17, 15) is 14.4 Å². The molecule has 86 heavy (non-hydrogen) atoms. The van der Waals surface area contributed by atoms with Crippen molar-refractivity contribution < 1.29 is 14.4 Å². The van der Waals surface area contributed by atoms with Crippen molar-refractivity contribution >= 4 is 17.3 Å². The lowest BCUT2D eigenvalue weighted by Gasteiger charge is -2.33. The van der Waals surface area contributed by atoms with Gasteiger partial charge in [0.05, 0.1) is 0 Å². The molecule has 0 aromatic heterocycles. The van der Waals surface area contributed by atoms with E-state index >= 15 is 0 Å². The summed E-state index contributed by atoms with van der Waals surface area (Å²) in [4.78, 5) is 41.2. The van der Waals surface area contributed by atoms with Crippen LogP contribution in [0.25, 0.3) is 0 Å². The molecule has 1 fully saturated rings. The first-order chi connectivity index (χ1) is 40.0. The fraction of sp³-hybridized carbons (Fsp3) is 0.530. The minimum absolute atomic E-state index is 0.0613. The van der Waals surface area contributed by atoms with Crippen LogP contribution >= 0.6 is 0 Å². The van der Waals surface area contributed by atoms with E-state index in [1.807, 2.05) is 54.6 Å². The van der Waals surface area contributed by atoms with E-state index in [4.69, 9.17) is 0 Å². The summed E-state index contributed by atoms with van der Waals surface area (Å²) >= 11 is 0. The van der Waals surface area contributed by atoms with Gasteiger partial charge in [-0.2, -0.15) is 0 Å². The molecule has 0 radical (unpaired) electrons. The van der Waals surface area contributed by atoms with Crippen LogP contribution in [-0.2, 0) is 22.7 Å². The van der Waals surface area contributed by atoms with Crippen molar-refractivity contribution in [3.63, 3.8) is 0 Å². The van der Waals surface area contributed by atoms with Gasteiger partial charge in [0.1, 0.15) is 0 Å². The number of hydrogen-bond donors (Lipinski definition) is 0. The van der Waals surface area contributed by atoms with E-state index in [-0.39, 0.29) is 39.0 Å². The molecular weight excluding hydrogens is 1040 g/mol. The number of carbonyl (C=O) groups excluding carboxylic acids is 3. The second kappa shape index (κ2) is 30.0. The molecule has 1 aliphatic rings. The van der Waals surface area contributed by atoms with Crippen molar-refractivity contribution in [3.05, 3.63) is 211 Å². The monoisotopic (exact) mass is 1160 g/mol. The predicted molar refractivity (Wildman–Crippen MR) is 372 cm³/mol. The lowest BCUT2D eigenvalue weighted by Crippen LogP contribution is -2.22. The normalized spacial score (nSPS) is 15.3. The molecule has 3 unspecified atom stereocenters. The maximum Gasteiger partial charge on any atom is 0.193 e. The molecule has 466 valence electrons. The fourth-order valence-corrected chi connectivity index (χ4v) is 12.8. The van der Waals surface area contributed by atoms with E-state index in [1.165, 1.54) is 48.8 Å². The fourth-order valence-electron chi connectivity index (χ4n) is 12.8. The smallest absolute Gasteiger partial charge is 0.193 e. The second-order valence-corrected chi connectivity index (χ2v) is 31.5. The quantitative estimate of drug-likeness (QED) is 0.0760. The van der Waals surface area contributed by atoms with Crippen LogP contribution in [0.4, 0.5) is 0 Å². The Morgan fingerprint density at radius 2 is 0.837 bits per heavy atom. The number of ketones is 3. The Bertz CT molecular complexity index is 3200. The van der Waals surface area contributed by atoms with Gasteiger partial charge >= 0.3 is 0 Å². The van der Waals surface area contributed by atoms with Crippen molar-refractivity contribution in [2.75, 3.05) is 0 Å². The van der Waals surface area contributed by atoms with Gasteiger partial charge in [-0.15, -0.1) is 0 Å². The van der Waals surface area contributed by atoms with Crippen LogP contribution in [0.1, 0.15) is 332 Å². The van der Waals surface area contributed by atoms with Gasteiger partial charge in [0, 0.05) is 33.4 Å². The van der Waals surface area contributed by atoms with E-state index in [2.05, 4.69) is 239 Å². The zero-order chi connectivity index (χ0) is 64.4. The van der Waals surface area contributed by atoms with Crippen LogP contribution in [0, 0.1) is 29.1 Å². The summed E-state index contributed by atoms with van der Waals surface area (Å²) in [5, 5.41) is 0. The van der Waals surface area contributed by atoms with Crippen molar-refractivity contribution in [1.82, 2.24) is 0 Å². The molecule has 0 bridgehead atoms. The SMILES string of the molecule is CC(C)CCCc1ccc(C(C)(C)C)c(C(=O)c2ccccc2C(C)C)c1.CC(C)c1ccccc1C(=O)c1cc(C(C)CC(C)(C)C(C)C)ccc1C(C)(C)C.CC(C)c1ccccc1C(=O)c1cc(C2CCC(C(C)C)C2)ccc1C(C)(C)C. The molecule has 0 spiro atoms. The van der Waals surface area contributed by atoms with Crippen LogP contribution in [0.3, 0.4) is 0 Å². The predicted octanol–water partition coefficient (Wildman–Crippen LogP) is 23.7. The molecule has 1 saturated carbocycles. The molecule has 0 saturated heterocycles. The Balaban J connectivity index is 0.000000236. The van der Waals surface area contributed by atoms with Crippen LogP contribution in [-0.4, -0.2) is 17.3 Å². The summed E-state index contributed by atoms with van der Waals surface area (Å²) in [5.41, 5.74) is 15.9. The first-order valence-electron chi connectivity index (χ1n) is 33.3. The second-order valence-electron chi connectivity index (χ2n) is 31.5. The highest BCUT2D eigenvalue weighted by Crippen LogP contribution is 2.44. The molecule has 6 aromatic rings. The molecule has 0 N–H and O–H groups in total. The summed E-state index contributed by atoms with van der Waals surface area (Å²) < 4.78 is 0. The summed E-state index contributed by atoms with van der Waals surface area (Å²) in [7, 11) is 0. The first kappa shape index (κ1) is 71.1. The Morgan fingerprint density at radius 3 is 1.22 bits per heavy atom. The number of aryl methyl sites for hydroxylation is 1. The lowest BCUT2D eigenvalue weighted by atomic mass is 9.72. The Kier molecular flexibility index (Phi) is 24.8. The van der Waals surface area contributed by atoms with Crippen molar-refractivity contribution in [3.8, 4) is 0 Å². The molecule has 7 rings (SSSR count). The maximum absolute atomic E-state index is 13.8. The van der Waals surface area contributed by atoms with Gasteiger partial charge in [-0.05, 0) is 182 Å². The average molecular weight is 1160 g/mol. The zero-order valence-corrected chi connectivity index (χ0v) is 58.5. The molecular formula is C83H116O3. The Hall–Kier alpha value is -5.67. The molecule has 0 amide bonds. The number of carbonyl (C=O) groups is 3. The van der Waals surface area contributed by atoms with Gasteiger partial charge in [-0.1, -0.05) is 282 Å². The summed E-state index contributed by atoms with van der Waals surface area (Å²) in [6.45, 7) is 53.5. The van der Waals surface area contributed by atoms with E-state index in [0.717, 1.165) is 97.4 Å².